The summed E-state index contributed by atoms with van der Waals surface area (Å²) in [5, 5.41) is 0. The predicted octanol–water partition coefficient (Wildman–Crippen LogP) is 6.71. The topological polar surface area (TPSA) is 36.9 Å². The molecular formula is C23H22F6O4. The highest BCUT2D eigenvalue weighted by Crippen LogP contribution is 2.36. The Morgan fingerprint density at radius 3 is 2.39 bits per heavy atom. The molecule has 0 amide bonds. The molecule has 1 fully saturated rings. The van der Waals surface area contributed by atoms with Crippen LogP contribution < -0.4 is 9.47 Å². The van der Waals surface area contributed by atoms with E-state index in [1.807, 2.05) is 6.92 Å². The van der Waals surface area contributed by atoms with Gasteiger partial charge in [0.25, 0.3) is 6.43 Å². The molecular weight excluding hydrogens is 454 g/mol. The van der Waals surface area contributed by atoms with Gasteiger partial charge in [0.2, 0.25) is 0 Å². The minimum Gasteiger partial charge on any atom is -0.462 e. The minimum atomic E-state index is -4.13. The number of allylic oxidation sites excluding steroid dienone is 1. The third kappa shape index (κ3) is 6.64. The number of halogens is 6. The molecule has 0 N–H and O–H groups in total. The van der Waals surface area contributed by atoms with Crippen molar-refractivity contribution in [2.45, 2.75) is 38.6 Å². The van der Waals surface area contributed by atoms with E-state index in [2.05, 4.69) is 9.47 Å². The summed E-state index contributed by atoms with van der Waals surface area (Å²) < 4.78 is 102. The molecule has 3 rings (SSSR count). The van der Waals surface area contributed by atoms with E-state index in [-0.39, 0.29) is 11.5 Å². The highest BCUT2D eigenvalue weighted by molar-refractivity contribution is 5.35. The second kappa shape index (κ2) is 10.9. The van der Waals surface area contributed by atoms with Gasteiger partial charge in [0.15, 0.2) is 17.9 Å². The average molecular weight is 476 g/mol. The fraction of sp³-hybridized carbons (Fsp3) is 0.391. The van der Waals surface area contributed by atoms with Crippen LogP contribution in [0.3, 0.4) is 0 Å². The third-order valence-corrected chi connectivity index (χ3v) is 4.81. The fourth-order valence-corrected chi connectivity index (χ4v) is 3.24. The molecule has 0 spiro atoms. The fourth-order valence-electron chi connectivity index (χ4n) is 3.24. The lowest BCUT2D eigenvalue weighted by atomic mass is 10.0. The van der Waals surface area contributed by atoms with Gasteiger partial charge in [-0.3, -0.25) is 0 Å². The minimum absolute atomic E-state index is 0.227. The van der Waals surface area contributed by atoms with Crippen molar-refractivity contribution in [3.63, 3.8) is 0 Å². The molecule has 0 saturated carbocycles. The Morgan fingerprint density at radius 1 is 1.06 bits per heavy atom. The first-order valence-corrected chi connectivity index (χ1v) is 10.2. The molecule has 0 aromatic heterocycles. The van der Waals surface area contributed by atoms with E-state index in [0.29, 0.717) is 31.6 Å². The zero-order valence-corrected chi connectivity index (χ0v) is 17.6. The number of rotatable bonds is 9. The van der Waals surface area contributed by atoms with E-state index < -0.39 is 47.5 Å². The van der Waals surface area contributed by atoms with E-state index in [9.17, 15) is 26.3 Å². The molecule has 1 heterocycles. The maximum absolute atomic E-state index is 14.6. The lowest BCUT2D eigenvalue weighted by Gasteiger charge is -2.29. The molecule has 2 aromatic carbocycles. The monoisotopic (exact) mass is 476 g/mol. The Morgan fingerprint density at radius 2 is 1.79 bits per heavy atom. The van der Waals surface area contributed by atoms with Crippen LogP contribution in [0.1, 0.15) is 37.2 Å². The van der Waals surface area contributed by atoms with Gasteiger partial charge in [0.05, 0.1) is 25.0 Å². The summed E-state index contributed by atoms with van der Waals surface area (Å²) in [5.74, 6) is -3.26. The molecule has 33 heavy (non-hydrogen) atoms. The second-order valence-corrected chi connectivity index (χ2v) is 7.38. The second-order valence-electron chi connectivity index (χ2n) is 7.38. The molecule has 1 aliphatic rings. The molecule has 1 aliphatic heterocycles. The van der Waals surface area contributed by atoms with Gasteiger partial charge < -0.3 is 18.9 Å². The van der Waals surface area contributed by atoms with Crippen molar-refractivity contribution in [3.8, 4) is 11.5 Å². The van der Waals surface area contributed by atoms with Crippen LogP contribution in [0.5, 0.6) is 11.5 Å². The Kier molecular flexibility index (Phi) is 8.25. The third-order valence-electron chi connectivity index (χ3n) is 4.81. The van der Waals surface area contributed by atoms with E-state index in [1.54, 1.807) is 0 Å². The van der Waals surface area contributed by atoms with E-state index >= 15 is 0 Å². The Labute approximate surface area is 186 Å². The van der Waals surface area contributed by atoms with E-state index in [4.69, 9.17) is 9.47 Å². The van der Waals surface area contributed by atoms with Crippen molar-refractivity contribution in [2.24, 2.45) is 5.92 Å². The van der Waals surface area contributed by atoms with Crippen LogP contribution in [0.25, 0.3) is 0 Å². The molecule has 0 unspecified atom stereocenters. The van der Waals surface area contributed by atoms with E-state index in [0.717, 1.165) is 37.1 Å². The Balaban J connectivity index is 1.68. The summed E-state index contributed by atoms with van der Waals surface area (Å²) in [4.78, 5) is 0. The summed E-state index contributed by atoms with van der Waals surface area (Å²) in [6, 6.07) is 5.39. The van der Waals surface area contributed by atoms with Crippen LogP contribution >= 0.6 is 0 Å². The lowest BCUT2D eigenvalue weighted by molar-refractivity contribution is -0.206. The summed E-state index contributed by atoms with van der Waals surface area (Å²) in [7, 11) is 0. The first-order valence-electron chi connectivity index (χ1n) is 10.2. The van der Waals surface area contributed by atoms with Gasteiger partial charge in [-0.05, 0) is 30.7 Å². The van der Waals surface area contributed by atoms with Crippen molar-refractivity contribution >= 4 is 0 Å². The van der Waals surface area contributed by atoms with Gasteiger partial charge in [-0.25, -0.2) is 17.6 Å². The van der Waals surface area contributed by atoms with Gasteiger partial charge >= 0.3 is 6.11 Å². The van der Waals surface area contributed by atoms with Gasteiger partial charge in [0.1, 0.15) is 11.6 Å². The highest BCUT2D eigenvalue weighted by Gasteiger charge is 2.38. The standard InChI is InChI=1S/C23H22F6O4/c1-2-3-14-12-31-22(32-13-14)15-4-6-17(18(24)10-15)23(28,29)33-16-5-7-20(19(25)11-16)30-9-8-21(26)27/h4-11,14,21-22H,2-3,12-13H2,1H3/b9-8+. The van der Waals surface area contributed by atoms with Crippen LogP contribution in [-0.4, -0.2) is 19.6 Å². The SMILES string of the molecule is CCCC1COC(c2ccc(C(F)(F)Oc3ccc(O/C=C/C(F)F)c(F)c3)c(F)c2)OC1. The quantitative estimate of drug-likeness (QED) is 0.298. The van der Waals surface area contributed by atoms with Crippen molar-refractivity contribution in [3.05, 3.63) is 71.5 Å². The average Bonchev–Trinajstić information content (AvgIpc) is 2.75. The maximum atomic E-state index is 14.6. The van der Waals surface area contributed by atoms with Crippen LogP contribution in [-0.2, 0) is 15.6 Å². The number of hydrogen-bond acceptors (Lipinski definition) is 4. The summed E-state index contributed by atoms with van der Waals surface area (Å²) in [6.45, 7) is 2.88. The van der Waals surface area contributed by atoms with Crippen molar-refractivity contribution < 1.29 is 45.3 Å². The largest absolute Gasteiger partial charge is 0.462 e. The smallest absolute Gasteiger partial charge is 0.429 e. The molecule has 0 atom stereocenters. The van der Waals surface area contributed by atoms with Gasteiger partial charge in [0, 0.05) is 23.6 Å². The molecule has 0 aliphatic carbocycles. The van der Waals surface area contributed by atoms with Gasteiger partial charge in [-0.1, -0.05) is 19.4 Å². The predicted molar refractivity (Wildman–Crippen MR) is 106 cm³/mol. The van der Waals surface area contributed by atoms with Crippen molar-refractivity contribution in [2.75, 3.05) is 13.2 Å². The van der Waals surface area contributed by atoms with Crippen molar-refractivity contribution in [1.29, 1.82) is 0 Å². The highest BCUT2D eigenvalue weighted by atomic mass is 19.3. The lowest BCUT2D eigenvalue weighted by Crippen LogP contribution is -2.27. The molecule has 180 valence electrons. The molecule has 2 aromatic rings. The maximum Gasteiger partial charge on any atom is 0.429 e. The van der Waals surface area contributed by atoms with Gasteiger partial charge in [-0.15, -0.1) is 0 Å². The first kappa shape index (κ1) is 24.9. The van der Waals surface area contributed by atoms with E-state index in [1.165, 1.54) is 6.07 Å². The summed E-state index contributed by atoms with van der Waals surface area (Å²) in [6.07, 6.45) is -4.97. The van der Waals surface area contributed by atoms with Gasteiger partial charge in [-0.2, -0.15) is 8.78 Å². The van der Waals surface area contributed by atoms with Crippen LogP contribution in [0.15, 0.2) is 48.7 Å². The zero-order chi connectivity index (χ0) is 24.0. The number of alkyl halides is 4. The Hall–Kier alpha value is -2.72. The normalized spacial score (nSPS) is 19.3. The van der Waals surface area contributed by atoms with Crippen molar-refractivity contribution in [1.82, 2.24) is 0 Å². The molecule has 10 heteroatoms. The summed E-state index contributed by atoms with van der Waals surface area (Å²) in [5.41, 5.74) is -0.821. The number of hydrogen-bond donors (Lipinski definition) is 0. The first-order chi connectivity index (χ1) is 15.7. The van der Waals surface area contributed by atoms with Crippen LogP contribution in [0, 0.1) is 17.6 Å². The van der Waals surface area contributed by atoms with Crippen LogP contribution in [0.4, 0.5) is 26.3 Å². The molecule has 4 nitrogen and oxygen atoms in total. The zero-order valence-electron chi connectivity index (χ0n) is 17.6. The molecule has 0 bridgehead atoms. The van der Waals surface area contributed by atoms with Crippen LogP contribution in [0.2, 0.25) is 0 Å². The molecule has 0 radical (unpaired) electrons. The number of benzene rings is 2. The number of ether oxygens (including phenoxy) is 4. The summed E-state index contributed by atoms with van der Waals surface area (Å²) >= 11 is 0. The molecule has 1 saturated heterocycles. The Bertz CT molecular complexity index is 958.